The fourth-order valence-electron chi connectivity index (χ4n) is 1.91. The van der Waals surface area contributed by atoms with Gasteiger partial charge >= 0.3 is 0 Å². The first-order valence-corrected chi connectivity index (χ1v) is 6.96. The van der Waals surface area contributed by atoms with Crippen LogP contribution in [0, 0.1) is 5.92 Å². The molecule has 0 aliphatic rings. The summed E-state index contributed by atoms with van der Waals surface area (Å²) < 4.78 is 5.75. The first-order chi connectivity index (χ1) is 8.72. The Hall–Kier alpha value is -1.08. The molecule has 100 valence electrons. The molecular formula is C17H26O. The van der Waals surface area contributed by atoms with Crippen molar-refractivity contribution < 1.29 is 4.74 Å². The lowest BCUT2D eigenvalue weighted by Crippen LogP contribution is -2.06. The third-order valence-corrected chi connectivity index (χ3v) is 3.27. The van der Waals surface area contributed by atoms with E-state index in [0.717, 1.165) is 13.2 Å². The summed E-state index contributed by atoms with van der Waals surface area (Å²) in [5, 5.41) is 0. The van der Waals surface area contributed by atoms with Gasteiger partial charge in [0.15, 0.2) is 0 Å². The largest absolute Gasteiger partial charge is 0.376 e. The SMILES string of the molecule is CC=C(C)CCCC(C)COCc1ccccc1. The molecule has 0 aliphatic carbocycles. The third kappa shape index (κ3) is 6.61. The summed E-state index contributed by atoms with van der Waals surface area (Å²) in [6, 6.07) is 10.4. The lowest BCUT2D eigenvalue weighted by molar-refractivity contribution is 0.0890. The predicted octanol–water partition coefficient (Wildman–Crippen LogP) is 4.98. The lowest BCUT2D eigenvalue weighted by atomic mass is 10.0. The lowest BCUT2D eigenvalue weighted by Gasteiger charge is -2.12. The van der Waals surface area contributed by atoms with Gasteiger partial charge < -0.3 is 4.74 Å². The van der Waals surface area contributed by atoms with Crippen LogP contribution < -0.4 is 0 Å². The molecule has 0 aliphatic heterocycles. The van der Waals surface area contributed by atoms with Crippen molar-refractivity contribution in [3.05, 3.63) is 47.5 Å². The molecular weight excluding hydrogens is 220 g/mol. The monoisotopic (exact) mass is 246 g/mol. The molecule has 0 N–H and O–H groups in total. The highest BCUT2D eigenvalue weighted by Crippen LogP contribution is 2.13. The third-order valence-electron chi connectivity index (χ3n) is 3.27. The van der Waals surface area contributed by atoms with E-state index in [4.69, 9.17) is 4.74 Å². The Kier molecular flexibility index (Phi) is 7.43. The average Bonchev–Trinajstić information content (AvgIpc) is 2.39. The summed E-state index contributed by atoms with van der Waals surface area (Å²) in [6.45, 7) is 8.19. The van der Waals surface area contributed by atoms with Crippen LogP contribution >= 0.6 is 0 Å². The minimum absolute atomic E-state index is 0.651. The molecule has 1 rings (SSSR count). The molecule has 1 aromatic carbocycles. The molecule has 0 spiro atoms. The summed E-state index contributed by atoms with van der Waals surface area (Å²) in [5.41, 5.74) is 2.75. The molecule has 18 heavy (non-hydrogen) atoms. The van der Waals surface area contributed by atoms with Crippen LogP contribution in [0.15, 0.2) is 42.0 Å². The number of ether oxygens (including phenoxy) is 1. The van der Waals surface area contributed by atoms with Crippen molar-refractivity contribution in [3.63, 3.8) is 0 Å². The zero-order valence-electron chi connectivity index (χ0n) is 12.0. The van der Waals surface area contributed by atoms with Gasteiger partial charge in [-0.25, -0.2) is 0 Å². The first-order valence-electron chi connectivity index (χ1n) is 6.96. The van der Waals surface area contributed by atoms with E-state index in [1.54, 1.807) is 0 Å². The molecule has 0 amide bonds. The maximum Gasteiger partial charge on any atom is 0.0717 e. The highest BCUT2D eigenvalue weighted by Gasteiger charge is 2.02. The highest BCUT2D eigenvalue weighted by molar-refractivity contribution is 5.13. The molecule has 0 aromatic heterocycles. The van der Waals surface area contributed by atoms with Crippen molar-refractivity contribution in [1.82, 2.24) is 0 Å². The maximum atomic E-state index is 5.75. The summed E-state index contributed by atoms with van der Waals surface area (Å²) >= 11 is 0. The van der Waals surface area contributed by atoms with Crippen molar-refractivity contribution in [1.29, 1.82) is 0 Å². The van der Waals surface area contributed by atoms with E-state index >= 15 is 0 Å². The summed E-state index contributed by atoms with van der Waals surface area (Å²) in [6.07, 6.45) is 5.95. The number of hydrogen-bond acceptors (Lipinski definition) is 1. The van der Waals surface area contributed by atoms with Gasteiger partial charge in [0.1, 0.15) is 0 Å². The zero-order valence-corrected chi connectivity index (χ0v) is 12.0. The molecule has 1 atom stereocenters. The Morgan fingerprint density at radius 3 is 2.67 bits per heavy atom. The van der Waals surface area contributed by atoms with Crippen LogP contribution in [-0.4, -0.2) is 6.61 Å². The predicted molar refractivity (Wildman–Crippen MR) is 78.5 cm³/mol. The molecule has 1 unspecified atom stereocenters. The standard InChI is InChI=1S/C17H26O/c1-4-15(2)9-8-10-16(3)13-18-14-17-11-6-5-7-12-17/h4-7,11-12,16H,8-10,13-14H2,1-3H3. The maximum absolute atomic E-state index is 5.75. The van der Waals surface area contributed by atoms with Crippen LogP contribution in [0.25, 0.3) is 0 Å². The van der Waals surface area contributed by atoms with E-state index < -0.39 is 0 Å². The Bertz CT molecular complexity index is 340. The summed E-state index contributed by atoms with van der Waals surface area (Å²) in [5.74, 6) is 0.651. The normalized spacial score (nSPS) is 13.6. The Labute approximate surface area is 112 Å². The van der Waals surface area contributed by atoms with Gasteiger partial charge in [-0.3, -0.25) is 0 Å². The van der Waals surface area contributed by atoms with Gasteiger partial charge in [-0.1, -0.05) is 48.9 Å². The van der Waals surface area contributed by atoms with Gasteiger partial charge in [0.05, 0.1) is 6.61 Å². The minimum atomic E-state index is 0.651. The van der Waals surface area contributed by atoms with Gasteiger partial charge in [0.2, 0.25) is 0 Å². The fraction of sp³-hybridized carbons (Fsp3) is 0.529. The second-order valence-corrected chi connectivity index (χ2v) is 5.13. The van der Waals surface area contributed by atoms with Crippen molar-refractivity contribution in [2.75, 3.05) is 6.61 Å². The first kappa shape index (κ1) is 15.0. The van der Waals surface area contributed by atoms with E-state index in [-0.39, 0.29) is 0 Å². The molecule has 1 aromatic rings. The molecule has 1 nitrogen and oxygen atoms in total. The Morgan fingerprint density at radius 1 is 1.28 bits per heavy atom. The topological polar surface area (TPSA) is 9.23 Å². The summed E-state index contributed by atoms with van der Waals surface area (Å²) in [4.78, 5) is 0. The fourth-order valence-corrected chi connectivity index (χ4v) is 1.91. The van der Waals surface area contributed by atoms with E-state index in [1.165, 1.54) is 30.4 Å². The van der Waals surface area contributed by atoms with Crippen LogP contribution in [0.2, 0.25) is 0 Å². The second-order valence-electron chi connectivity index (χ2n) is 5.13. The Morgan fingerprint density at radius 2 is 2.00 bits per heavy atom. The van der Waals surface area contributed by atoms with Gasteiger partial charge in [-0.2, -0.15) is 0 Å². The van der Waals surface area contributed by atoms with Gasteiger partial charge in [-0.05, 0) is 44.6 Å². The van der Waals surface area contributed by atoms with E-state index in [0.29, 0.717) is 5.92 Å². The van der Waals surface area contributed by atoms with Crippen molar-refractivity contribution in [2.45, 2.75) is 46.6 Å². The zero-order chi connectivity index (χ0) is 13.2. The van der Waals surface area contributed by atoms with Crippen molar-refractivity contribution in [2.24, 2.45) is 5.92 Å². The molecule has 0 saturated carbocycles. The number of allylic oxidation sites excluding steroid dienone is 2. The Balaban J connectivity index is 2.08. The number of hydrogen-bond donors (Lipinski definition) is 0. The van der Waals surface area contributed by atoms with E-state index in [9.17, 15) is 0 Å². The molecule has 0 bridgehead atoms. The van der Waals surface area contributed by atoms with Crippen LogP contribution in [0.4, 0.5) is 0 Å². The molecule has 0 radical (unpaired) electrons. The smallest absolute Gasteiger partial charge is 0.0717 e. The highest BCUT2D eigenvalue weighted by atomic mass is 16.5. The second kappa shape index (κ2) is 8.93. The molecule has 0 fully saturated rings. The average molecular weight is 246 g/mol. The minimum Gasteiger partial charge on any atom is -0.376 e. The summed E-state index contributed by atoms with van der Waals surface area (Å²) in [7, 11) is 0. The van der Waals surface area contributed by atoms with Crippen LogP contribution in [0.5, 0.6) is 0 Å². The van der Waals surface area contributed by atoms with E-state index in [1.807, 2.05) is 6.07 Å². The van der Waals surface area contributed by atoms with Gasteiger partial charge in [-0.15, -0.1) is 0 Å². The van der Waals surface area contributed by atoms with Crippen LogP contribution in [0.1, 0.15) is 45.6 Å². The number of rotatable bonds is 8. The quantitative estimate of drug-likeness (QED) is 0.588. The van der Waals surface area contributed by atoms with E-state index in [2.05, 4.69) is 51.1 Å². The molecule has 1 heteroatoms. The van der Waals surface area contributed by atoms with Crippen molar-refractivity contribution >= 4 is 0 Å². The number of benzene rings is 1. The molecule has 0 heterocycles. The van der Waals surface area contributed by atoms with Gasteiger partial charge in [0.25, 0.3) is 0 Å². The van der Waals surface area contributed by atoms with Crippen LogP contribution in [0.3, 0.4) is 0 Å². The molecule has 0 saturated heterocycles. The van der Waals surface area contributed by atoms with Crippen LogP contribution in [-0.2, 0) is 11.3 Å². The van der Waals surface area contributed by atoms with Crippen molar-refractivity contribution in [3.8, 4) is 0 Å². The van der Waals surface area contributed by atoms with Gasteiger partial charge in [0, 0.05) is 6.61 Å².